The molecule has 1 aliphatic rings. The van der Waals surface area contributed by atoms with Crippen LogP contribution in [0.1, 0.15) is 25.3 Å². The first kappa shape index (κ1) is 14.6. The maximum atomic E-state index is 11.9. The second kappa shape index (κ2) is 6.07. The van der Waals surface area contributed by atoms with Gasteiger partial charge in [0.1, 0.15) is 0 Å². The van der Waals surface area contributed by atoms with E-state index in [0.29, 0.717) is 19.0 Å². The van der Waals surface area contributed by atoms with Gasteiger partial charge in [0, 0.05) is 52.7 Å². The van der Waals surface area contributed by atoms with Gasteiger partial charge in [0.2, 0.25) is 5.95 Å². The number of hydrogen-bond donors (Lipinski definition) is 0. The molecule has 1 saturated heterocycles. The molecular formula is C14H23N5O. The molecule has 0 aliphatic carbocycles. The summed E-state index contributed by atoms with van der Waals surface area (Å²) >= 11 is 0. The predicted octanol–water partition coefficient (Wildman–Crippen LogP) is 1.40. The summed E-state index contributed by atoms with van der Waals surface area (Å²) in [4.78, 5) is 26.3. The highest BCUT2D eigenvalue weighted by Crippen LogP contribution is 2.15. The molecule has 2 heterocycles. The number of urea groups is 1. The molecule has 6 heteroatoms. The first-order chi connectivity index (χ1) is 9.49. The summed E-state index contributed by atoms with van der Waals surface area (Å²) in [5.74, 6) is 1.20. The van der Waals surface area contributed by atoms with Gasteiger partial charge in [-0.1, -0.05) is 13.8 Å². The Kier molecular flexibility index (Phi) is 4.42. The Hall–Kier alpha value is -1.85. The minimum atomic E-state index is 0.0701. The topological polar surface area (TPSA) is 52.6 Å². The molecule has 1 aromatic rings. The fraction of sp³-hybridized carbons (Fsp3) is 0.643. The van der Waals surface area contributed by atoms with Crippen molar-refractivity contribution in [3.05, 3.63) is 18.0 Å². The lowest BCUT2D eigenvalue weighted by Crippen LogP contribution is -2.51. The fourth-order valence-corrected chi connectivity index (χ4v) is 2.17. The standard InChI is InChI=1S/C14H23N5O/c1-11(2)12-9-15-13(16-10-12)18-5-7-19(8-6-18)14(20)17(3)4/h9-11H,5-8H2,1-4H3. The number of rotatable bonds is 2. The molecule has 110 valence electrons. The minimum Gasteiger partial charge on any atom is -0.337 e. The Morgan fingerprint density at radius 2 is 1.70 bits per heavy atom. The van der Waals surface area contributed by atoms with E-state index in [1.165, 1.54) is 0 Å². The van der Waals surface area contributed by atoms with E-state index in [1.807, 2.05) is 17.3 Å². The smallest absolute Gasteiger partial charge is 0.319 e. The Morgan fingerprint density at radius 3 is 2.15 bits per heavy atom. The second-order valence-corrected chi connectivity index (χ2v) is 5.62. The Balaban J connectivity index is 1.95. The summed E-state index contributed by atoms with van der Waals surface area (Å²) in [6.45, 7) is 7.24. The van der Waals surface area contributed by atoms with Crippen LogP contribution >= 0.6 is 0 Å². The Bertz CT molecular complexity index is 449. The largest absolute Gasteiger partial charge is 0.337 e. The van der Waals surface area contributed by atoms with Gasteiger partial charge in [-0.2, -0.15) is 0 Å². The van der Waals surface area contributed by atoms with Crippen LogP contribution in [-0.2, 0) is 0 Å². The molecule has 6 nitrogen and oxygen atoms in total. The minimum absolute atomic E-state index is 0.0701. The third kappa shape index (κ3) is 3.18. The van der Waals surface area contributed by atoms with Crippen LogP contribution in [0.5, 0.6) is 0 Å². The quantitative estimate of drug-likeness (QED) is 0.820. The molecule has 0 N–H and O–H groups in total. The molecule has 20 heavy (non-hydrogen) atoms. The maximum Gasteiger partial charge on any atom is 0.319 e. The van der Waals surface area contributed by atoms with E-state index in [1.54, 1.807) is 19.0 Å². The van der Waals surface area contributed by atoms with Gasteiger partial charge >= 0.3 is 6.03 Å². The van der Waals surface area contributed by atoms with Crippen molar-refractivity contribution in [1.29, 1.82) is 0 Å². The highest BCUT2D eigenvalue weighted by molar-refractivity contribution is 5.74. The molecule has 0 radical (unpaired) electrons. The molecule has 0 spiro atoms. The summed E-state index contributed by atoms with van der Waals surface area (Å²) in [6.07, 6.45) is 3.79. The first-order valence-corrected chi connectivity index (χ1v) is 7.02. The van der Waals surface area contributed by atoms with Crippen LogP contribution in [-0.4, -0.2) is 66.1 Å². The van der Waals surface area contributed by atoms with Crippen LogP contribution in [0.25, 0.3) is 0 Å². The van der Waals surface area contributed by atoms with Crippen LogP contribution < -0.4 is 4.90 Å². The van der Waals surface area contributed by atoms with Gasteiger partial charge < -0.3 is 14.7 Å². The monoisotopic (exact) mass is 277 g/mol. The average molecular weight is 277 g/mol. The molecular weight excluding hydrogens is 254 g/mol. The molecule has 0 unspecified atom stereocenters. The SMILES string of the molecule is CC(C)c1cnc(N2CCN(C(=O)N(C)C)CC2)nc1. The molecule has 2 amide bonds. The lowest BCUT2D eigenvalue weighted by Gasteiger charge is -2.35. The number of nitrogens with zero attached hydrogens (tertiary/aromatic N) is 5. The van der Waals surface area contributed by atoms with Gasteiger partial charge in [0.15, 0.2) is 0 Å². The van der Waals surface area contributed by atoms with Crippen molar-refractivity contribution in [1.82, 2.24) is 19.8 Å². The molecule has 0 saturated carbocycles. The summed E-state index contributed by atoms with van der Waals surface area (Å²) < 4.78 is 0. The van der Waals surface area contributed by atoms with Gasteiger partial charge in [-0.15, -0.1) is 0 Å². The van der Waals surface area contributed by atoms with Gasteiger partial charge in [-0.3, -0.25) is 0 Å². The van der Waals surface area contributed by atoms with Gasteiger partial charge in [0.05, 0.1) is 0 Å². The van der Waals surface area contributed by atoms with Crippen molar-refractivity contribution in [2.24, 2.45) is 0 Å². The van der Waals surface area contributed by atoms with E-state index in [9.17, 15) is 4.79 Å². The number of anilines is 1. The number of carbonyl (C=O) groups excluding carboxylic acids is 1. The van der Waals surface area contributed by atoms with Gasteiger partial charge in [0.25, 0.3) is 0 Å². The number of aromatic nitrogens is 2. The lowest BCUT2D eigenvalue weighted by molar-refractivity contribution is 0.167. The van der Waals surface area contributed by atoms with Crippen molar-refractivity contribution < 1.29 is 4.79 Å². The molecule has 0 atom stereocenters. The van der Waals surface area contributed by atoms with Crippen LogP contribution in [0, 0.1) is 0 Å². The normalized spacial score (nSPS) is 15.7. The molecule has 1 aliphatic heterocycles. The predicted molar refractivity (Wildman–Crippen MR) is 79.0 cm³/mol. The lowest BCUT2D eigenvalue weighted by atomic mass is 10.1. The maximum absolute atomic E-state index is 11.9. The summed E-state index contributed by atoms with van der Waals surface area (Å²) in [7, 11) is 3.56. The van der Waals surface area contributed by atoms with E-state index in [-0.39, 0.29) is 6.03 Å². The van der Waals surface area contributed by atoms with Crippen molar-refractivity contribution in [3.8, 4) is 0 Å². The highest BCUT2D eigenvalue weighted by Gasteiger charge is 2.23. The number of amides is 2. The second-order valence-electron chi connectivity index (χ2n) is 5.62. The van der Waals surface area contributed by atoms with Crippen molar-refractivity contribution >= 4 is 12.0 Å². The van der Waals surface area contributed by atoms with Gasteiger partial charge in [-0.25, -0.2) is 14.8 Å². The van der Waals surface area contributed by atoms with Crippen molar-refractivity contribution in [2.75, 3.05) is 45.2 Å². The van der Waals surface area contributed by atoms with Crippen LogP contribution in [0.4, 0.5) is 10.7 Å². The highest BCUT2D eigenvalue weighted by atomic mass is 16.2. The zero-order valence-electron chi connectivity index (χ0n) is 12.7. The zero-order chi connectivity index (χ0) is 14.7. The molecule has 2 rings (SSSR count). The van der Waals surface area contributed by atoms with E-state index in [0.717, 1.165) is 24.6 Å². The van der Waals surface area contributed by atoms with E-state index in [4.69, 9.17) is 0 Å². The third-order valence-corrected chi connectivity index (χ3v) is 3.54. The zero-order valence-corrected chi connectivity index (χ0v) is 12.7. The molecule has 0 aromatic carbocycles. The number of piperazine rings is 1. The Labute approximate surface area is 120 Å². The third-order valence-electron chi connectivity index (χ3n) is 3.54. The Morgan fingerprint density at radius 1 is 1.15 bits per heavy atom. The number of hydrogen-bond acceptors (Lipinski definition) is 4. The summed E-state index contributed by atoms with van der Waals surface area (Å²) in [5.41, 5.74) is 1.15. The first-order valence-electron chi connectivity index (χ1n) is 7.02. The van der Waals surface area contributed by atoms with Crippen LogP contribution in [0.2, 0.25) is 0 Å². The average Bonchev–Trinajstić information content (AvgIpc) is 2.46. The van der Waals surface area contributed by atoms with Crippen molar-refractivity contribution in [3.63, 3.8) is 0 Å². The molecule has 1 aromatic heterocycles. The molecule has 0 bridgehead atoms. The van der Waals surface area contributed by atoms with Crippen molar-refractivity contribution in [2.45, 2.75) is 19.8 Å². The number of carbonyl (C=O) groups is 1. The summed E-state index contributed by atoms with van der Waals surface area (Å²) in [6, 6.07) is 0.0701. The van der Waals surface area contributed by atoms with E-state index in [2.05, 4.69) is 28.7 Å². The summed E-state index contributed by atoms with van der Waals surface area (Å²) in [5, 5.41) is 0. The van der Waals surface area contributed by atoms with E-state index >= 15 is 0 Å². The van der Waals surface area contributed by atoms with Crippen LogP contribution in [0.3, 0.4) is 0 Å². The fourth-order valence-electron chi connectivity index (χ4n) is 2.17. The van der Waals surface area contributed by atoms with Crippen LogP contribution in [0.15, 0.2) is 12.4 Å². The van der Waals surface area contributed by atoms with Gasteiger partial charge in [-0.05, 0) is 11.5 Å². The molecule has 1 fully saturated rings. The van der Waals surface area contributed by atoms with E-state index < -0.39 is 0 Å².